The largest absolute Gasteiger partial charge is 0.382 e. The van der Waals surface area contributed by atoms with Crippen molar-refractivity contribution in [2.75, 3.05) is 39.0 Å². The quantitative estimate of drug-likeness (QED) is 0.353. The van der Waals surface area contributed by atoms with Crippen molar-refractivity contribution in [3.8, 4) is 22.5 Å². The minimum atomic E-state index is -0.382. The second kappa shape index (κ2) is 9.39. The van der Waals surface area contributed by atoms with Gasteiger partial charge in [0.2, 0.25) is 0 Å². The Morgan fingerprint density at radius 2 is 1.74 bits per heavy atom. The van der Waals surface area contributed by atoms with Gasteiger partial charge < -0.3 is 10.6 Å². The summed E-state index contributed by atoms with van der Waals surface area (Å²) < 4.78 is 18.4. The third kappa shape index (κ3) is 4.06. The van der Waals surface area contributed by atoms with Crippen LogP contribution in [-0.2, 0) is 0 Å². The average Bonchev–Trinajstić information content (AvgIpc) is 3.30. The van der Waals surface area contributed by atoms with Gasteiger partial charge in [0.1, 0.15) is 28.4 Å². The summed E-state index contributed by atoms with van der Waals surface area (Å²) >= 11 is 0. The van der Waals surface area contributed by atoms with Crippen LogP contribution < -0.4 is 5.73 Å². The molecule has 39 heavy (non-hydrogen) atoms. The predicted molar refractivity (Wildman–Crippen MR) is 153 cm³/mol. The molecule has 2 N–H and O–H groups in total. The molecule has 0 radical (unpaired) electrons. The van der Waals surface area contributed by atoms with E-state index in [0.29, 0.717) is 40.1 Å². The topological polar surface area (TPSA) is 75.6 Å². The number of likely N-dealkylation sites (N-methyl/N-ethyl adjacent to an activating group) is 1. The molecule has 4 heterocycles. The molecule has 0 unspecified atom stereocenters. The first-order valence-electron chi connectivity index (χ1n) is 13.7. The Morgan fingerprint density at radius 3 is 2.51 bits per heavy atom. The first-order valence-corrected chi connectivity index (χ1v) is 13.7. The van der Waals surface area contributed by atoms with Crippen molar-refractivity contribution in [2.45, 2.75) is 31.7 Å². The molecule has 1 aliphatic heterocycles. The van der Waals surface area contributed by atoms with Crippen LogP contribution in [0.25, 0.3) is 38.9 Å². The summed E-state index contributed by atoms with van der Waals surface area (Å²) in [5.74, 6) is 1.20. The van der Waals surface area contributed by atoms with Gasteiger partial charge in [-0.1, -0.05) is 36.4 Å². The number of nitrogens with zero attached hydrogens (tertiary/aromatic N) is 6. The number of aromatic nitrogens is 4. The molecule has 0 atom stereocenters. The van der Waals surface area contributed by atoms with Gasteiger partial charge in [-0.2, -0.15) is 0 Å². The molecular weight excluding hydrogens is 489 g/mol. The van der Waals surface area contributed by atoms with Gasteiger partial charge >= 0.3 is 0 Å². The molecule has 1 saturated heterocycles. The Hall–Kier alpha value is -3.88. The van der Waals surface area contributed by atoms with Gasteiger partial charge in [0.25, 0.3) is 0 Å². The molecule has 198 valence electrons. The average molecular weight is 522 g/mol. The fourth-order valence-corrected chi connectivity index (χ4v) is 6.21. The zero-order valence-electron chi connectivity index (χ0n) is 22.3. The smallest absolute Gasteiger partial charge is 0.158 e. The second-order valence-electron chi connectivity index (χ2n) is 11.0. The summed E-state index contributed by atoms with van der Waals surface area (Å²) in [6.07, 6.45) is 5.69. The Morgan fingerprint density at radius 1 is 0.974 bits per heavy atom. The lowest BCUT2D eigenvalue weighted by Gasteiger charge is -2.45. The van der Waals surface area contributed by atoms with Crippen LogP contribution in [0, 0.1) is 12.7 Å². The molecule has 0 amide bonds. The maximum absolute atomic E-state index is 16.3. The van der Waals surface area contributed by atoms with E-state index in [1.54, 1.807) is 12.3 Å². The lowest BCUT2D eigenvalue weighted by Crippen LogP contribution is -2.52. The highest BCUT2D eigenvalue weighted by molar-refractivity contribution is 5.93. The zero-order valence-corrected chi connectivity index (χ0v) is 22.3. The number of rotatable bonds is 4. The zero-order chi connectivity index (χ0) is 26.7. The van der Waals surface area contributed by atoms with E-state index in [4.69, 9.17) is 15.7 Å². The summed E-state index contributed by atoms with van der Waals surface area (Å²) in [7, 11) is 2.18. The number of aryl methyl sites for hydroxylation is 1. The summed E-state index contributed by atoms with van der Waals surface area (Å²) in [6.45, 7) is 6.44. The van der Waals surface area contributed by atoms with E-state index in [1.165, 1.54) is 0 Å². The molecular formula is C31H32FN7. The summed E-state index contributed by atoms with van der Waals surface area (Å²) in [6, 6.07) is 16.2. The molecule has 0 spiro atoms. The van der Waals surface area contributed by atoms with Crippen molar-refractivity contribution in [1.29, 1.82) is 0 Å². The van der Waals surface area contributed by atoms with Crippen molar-refractivity contribution in [3.05, 3.63) is 78.1 Å². The molecule has 7 nitrogen and oxygen atoms in total. The number of anilines is 1. The minimum Gasteiger partial charge on any atom is -0.382 e. The highest BCUT2D eigenvalue weighted by atomic mass is 19.1. The monoisotopic (exact) mass is 521 g/mol. The van der Waals surface area contributed by atoms with Crippen molar-refractivity contribution in [2.24, 2.45) is 0 Å². The molecule has 1 aliphatic carbocycles. The van der Waals surface area contributed by atoms with E-state index in [1.807, 2.05) is 60.0 Å². The number of hydrogen-bond acceptors (Lipinski definition) is 6. The lowest BCUT2D eigenvalue weighted by atomic mass is 9.78. The maximum atomic E-state index is 16.3. The van der Waals surface area contributed by atoms with Gasteiger partial charge in [0, 0.05) is 67.0 Å². The molecule has 3 aromatic heterocycles. The predicted octanol–water partition coefficient (Wildman–Crippen LogP) is 5.13. The Labute approximate surface area is 227 Å². The normalized spacial score (nSPS) is 20.5. The van der Waals surface area contributed by atoms with Gasteiger partial charge in [0.15, 0.2) is 5.82 Å². The molecule has 1 saturated carbocycles. The van der Waals surface area contributed by atoms with Crippen LogP contribution in [0.1, 0.15) is 30.1 Å². The van der Waals surface area contributed by atoms with E-state index in [2.05, 4.69) is 21.8 Å². The number of halogens is 1. The van der Waals surface area contributed by atoms with Crippen LogP contribution in [0.5, 0.6) is 0 Å². The van der Waals surface area contributed by atoms with Crippen LogP contribution >= 0.6 is 0 Å². The summed E-state index contributed by atoms with van der Waals surface area (Å²) in [5.41, 5.74) is 11.0. The molecule has 7 rings (SSSR count). The Kier molecular flexibility index (Phi) is 5.82. The number of piperazine rings is 1. The highest BCUT2D eigenvalue weighted by Crippen LogP contribution is 2.43. The molecule has 2 aromatic carbocycles. The van der Waals surface area contributed by atoms with E-state index in [-0.39, 0.29) is 5.82 Å². The number of hydrogen-bond donors (Lipinski definition) is 1. The molecule has 0 bridgehead atoms. The molecule has 8 heteroatoms. The summed E-state index contributed by atoms with van der Waals surface area (Å²) in [5, 5.41) is 0.791. The number of fused-ring (bicyclic) bond motifs is 2. The van der Waals surface area contributed by atoms with Crippen molar-refractivity contribution < 1.29 is 4.39 Å². The summed E-state index contributed by atoms with van der Waals surface area (Å²) in [4.78, 5) is 19.1. The van der Waals surface area contributed by atoms with Gasteiger partial charge in [0.05, 0.1) is 5.69 Å². The van der Waals surface area contributed by atoms with Crippen molar-refractivity contribution in [3.63, 3.8) is 0 Å². The van der Waals surface area contributed by atoms with Crippen molar-refractivity contribution in [1.82, 2.24) is 29.2 Å². The molecule has 5 aromatic rings. The van der Waals surface area contributed by atoms with Crippen LogP contribution in [0.3, 0.4) is 0 Å². The van der Waals surface area contributed by atoms with Gasteiger partial charge in [-0.15, -0.1) is 0 Å². The number of imidazole rings is 1. The number of nitrogens with two attached hydrogens (primary N) is 1. The number of nitrogen functional groups attached to an aromatic ring is 1. The van der Waals surface area contributed by atoms with Crippen LogP contribution in [-0.4, -0.2) is 68.4 Å². The fraction of sp³-hybridized carbons (Fsp3) is 0.323. The second-order valence-corrected chi connectivity index (χ2v) is 11.0. The first-order chi connectivity index (χ1) is 19.0. The maximum Gasteiger partial charge on any atom is 0.158 e. The Bertz CT molecular complexity index is 1680. The number of benzene rings is 2. The number of pyridine rings is 1. The fourth-order valence-electron chi connectivity index (χ4n) is 6.21. The van der Waals surface area contributed by atoms with E-state index < -0.39 is 0 Å². The van der Waals surface area contributed by atoms with Crippen LogP contribution in [0.15, 0.2) is 60.9 Å². The lowest BCUT2D eigenvalue weighted by molar-refractivity contribution is 0.0586. The van der Waals surface area contributed by atoms with E-state index in [9.17, 15) is 0 Å². The van der Waals surface area contributed by atoms with Crippen molar-refractivity contribution >= 4 is 22.2 Å². The molecule has 2 fully saturated rings. The SMILES string of the molecule is Cc1cc(-c2ccccc2)nc2c(F)c(-c3nc([C@H]4C[C@@H](N5CCN(C)CC5)C4)n4ccnc(N)c34)ccc12. The standard InChI is InChI=1S/C31H32FN7/c1-19-16-25(20-6-4-3-5-7-20)35-27-23(19)8-9-24(26(27)32)28-29-30(33)34-10-11-39(29)31(36-28)21-17-22(18-21)38-14-12-37(2)13-15-38/h3-11,16,21-22H,12-15,17-18H2,1-2H3,(H2,33,34)/t21-,22+. The van der Waals surface area contributed by atoms with E-state index >= 15 is 4.39 Å². The third-order valence-electron chi connectivity index (χ3n) is 8.59. The van der Waals surface area contributed by atoms with Gasteiger partial charge in [-0.25, -0.2) is 19.3 Å². The molecule has 2 aliphatic rings. The van der Waals surface area contributed by atoms with E-state index in [0.717, 1.165) is 67.1 Å². The Balaban J connectivity index is 1.30. The third-order valence-corrected chi connectivity index (χ3v) is 8.59. The minimum absolute atomic E-state index is 0.297. The van der Waals surface area contributed by atoms with Crippen LogP contribution in [0.2, 0.25) is 0 Å². The first kappa shape index (κ1) is 24.2. The van der Waals surface area contributed by atoms with Gasteiger partial charge in [-0.05, 0) is 44.5 Å². The van der Waals surface area contributed by atoms with Crippen LogP contribution in [0.4, 0.5) is 10.2 Å². The van der Waals surface area contributed by atoms with Gasteiger partial charge in [-0.3, -0.25) is 9.30 Å². The highest BCUT2D eigenvalue weighted by Gasteiger charge is 2.38.